The summed E-state index contributed by atoms with van der Waals surface area (Å²) in [5.41, 5.74) is 3.10. The third-order valence-corrected chi connectivity index (χ3v) is 3.37. The largest absolute Gasteiger partial charge is 0.465 e. The standard InChI is InChI=1S/C17H12O3/c1-20-17(19)14-9-5-4-8-13(14)15-10-11-6-2-3-7-12(11)16(15)18/h2-10H,1H3. The second kappa shape index (κ2) is 4.78. The summed E-state index contributed by atoms with van der Waals surface area (Å²) >= 11 is 0. The Morgan fingerprint density at radius 1 is 0.950 bits per heavy atom. The van der Waals surface area contributed by atoms with Gasteiger partial charge in [0.1, 0.15) is 0 Å². The number of fused-ring (bicyclic) bond motifs is 1. The van der Waals surface area contributed by atoms with E-state index in [1.54, 1.807) is 30.3 Å². The highest BCUT2D eigenvalue weighted by molar-refractivity contribution is 6.38. The first-order chi connectivity index (χ1) is 9.72. The molecule has 2 aromatic rings. The van der Waals surface area contributed by atoms with Crippen molar-refractivity contribution >= 4 is 23.4 Å². The van der Waals surface area contributed by atoms with Gasteiger partial charge in [0.25, 0.3) is 0 Å². The first-order valence-corrected chi connectivity index (χ1v) is 6.25. The van der Waals surface area contributed by atoms with Crippen LogP contribution >= 0.6 is 0 Å². The van der Waals surface area contributed by atoms with Crippen molar-refractivity contribution in [1.82, 2.24) is 0 Å². The zero-order chi connectivity index (χ0) is 14.1. The highest BCUT2D eigenvalue weighted by Crippen LogP contribution is 2.33. The van der Waals surface area contributed by atoms with Crippen LogP contribution in [0.25, 0.3) is 11.6 Å². The normalized spacial score (nSPS) is 12.8. The molecule has 2 aromatic carbocycles. The summed E-state index contributed by atoms with van der Waals surface area (Å²) in [6.45, 7) is 0. The number of hydrogen-bond acceptors (Lipinski definition) is 3. The molecule has 0 heterocycles. The monoisotopic (exact) mass is 264 g/mol. The van der Waals surface area contributed by atoms with Gasteiger partial charge in [-0.15, -0.1) is 0 Å². The molecule has 98 valence electrons. The fourth-order valence-electron chi connectivity index (χ4n) is 2.40. The van der Waals surface area contributed by atoms with Crippen LogP contribution in [0.1, 0.15) is 31.8 Å². The molecule has 3 heteroatoms. The number of carbonyl (C=O) groups is 2. The Balaban J connectivity index is 2.13. The van der Waals surface area contributed by atoms with Crippen LogP contribution in [0, 0.1) is 0 Å². The number of rotatable bonds is 2. The van der Waals surface area contributed by atoms with E-state index >= 15 is 0 Å². The van der Waals surface area contributed by atoms with Crippen molar-refractivity contribution in [2.45, 2.75) is 0 Å². The lowest BCUT2D eigenvalue weighted by Crippen LogP contribution is -2.07. The van der Waals surface area contributed by atoms with Crippen molar-refractivity contribution in [2.24, 2.45) is 0 Å². The number of methoxy groups -OCH3 is 1. The molecule has 0 fully saturated rings. The Bertz CT molecular complexity index is 741. The molecule has 0 radical (unpaired) electrons. The van der Waals surface area contributed by atoms with Crippen LogP contribution < -0.4 is 0 Å². The molecule has 0 spiro atoms. The quantitative estimate of drug-likeness (QED) is 0.782. The molecule has 20 heavy (non-hydrogen) atoms. The maximum atomic E-state index is 12.4. The maximum Gasteiger partial charge on any atom is 0.338 e. The lowest BCUT2D eigenvalue weighted by Gasteiger charge is -2.07. The van der Waals surface area contributed by atoms with Gasteiger partial charge < -0.3 is 4.74 Å². The lowest BCUT2D eigenvalue weighted by atomic mass is 9.97. The Morgan fingerprint density at radius 3 is 2.30 bits per heavy atom. The Morgan fingerprint density at radius 2 is 1.60 bits per heavy atom. The smallest absolute Gasteiger partial charge is 0.338 e. The third-order valence-electron chi connectivity index (χ3n) is 3.37. The maximum absolute atomic E-state index is 12.4. The number of ketones is 1. The van der Waals surface area contributed by atoms with Crippen LogP contribution in [0.2, 0.25) is 0 Å². The van der Waals surface area contributed by atoms with Gasteiger partial charge in [-0.3, -0.25) is 4.79 Å². The molecule has 0 aliphatic heterocycles. The highest BCUT2D eigenvalue weighted by Gasteiger charge is 2.26. The minimum absolute atomic E-state index is 0.0584. The molecule has 0 amide bonds. The summed E-state index contributed by atoms with van der Waals surface area (Å²) in [5.74, 6) is -0.498. The molecular weight excluding hydrogens is 252 g/mol. The van der Waals surface area contributed by atoms with Gasteiger partial charge in [0, 0.05) is 16.7 Å². The van der Waals surface area contributed by atoms with Crippen molar-refractivity contribution < 1.29 is 14.3 Å². The van der Waals surface area contributed by atoms with E-state index in [9.17, 15) is 9.59 Å². The number of benzene rings is 2. The highest BCUT2D eigenvalue weighted by atomic mass is 16.5. The fourth-order valence-corrected chi connectivity index (χ4v) is 2.40. The number of hydrogen-bond donors (Lipinski definition) is 0. The second-order valence-electron chi connectivity index (χ2n) is 4.51. The van der Waals surface area contributed by atoms with E-state index in [0.717, 1.165) is 5.56 Å². The minimum Gasteiger partial charge on any atom is -0.465 e. The van der Waals surface area contributed by atoms with Crippen molar-refractivity contribution in [1.29, 1.82) is 0 Å². The van der Waals surface area contributed by atoms with E-state index in [1.807, 2.05) is 24.3 Å². The van der Waals surface area contributed by atoms with Gasteiger partial charge in [-0.25, -0.2) is 4.79 Å². The molecule has 0 N–H and O–H groups in total. The van der Waals surface area contributed by atoms with Crippen LogP contribution in [0.15, 0.2) is 48.5 Å². The van der Waals surface area contributed by atoms with Gasteiger partial charge in [0.15, 0.2) is 5.78 Å². The molecule has 3 rings (SSSR count). The average molecular weight is 264 g/mol. The van der Waals surface area contributed by atoms with Crippen LogP contribution in [0.5, 0.6) is 0 Å². The van der Waals surface area contributed by atoms with E-state index in [1.165, 1.54) is 7.11 Å². The third kappa shape index (κ3) is 1.84. The molecule has 0 unspecified atom stereocenters. The van der Waals surface area contributed by atoms with Gasteiger partial charge in [-0.2, -0.15) is 0 Å². The molecule has 0 atom stereocenters. The van der Waals surface area contributed by atoms with Gasteiger partial charge in [0.2, 0.25) is 0 Å². The Labute approximate surface area is 116 Å². The summed E-state index contributed by atoms with van der Waals surface area (Å²) in [7, 11) is 1.33. The number of ether oxygens (including phenoxy) is 1. The van der Waals surface area contributed by atoms with Crippen molar-refractivity contribution in [3.8, 4) is 0 Å². The number of carbonyl (C=O) groups excluding carboxylic acids is 2. The summed E-state index contributed by atoms with van der Waals surface area (Å²) in [4.78, 5) is 24.2. The van der Waals surface area contributed by atoms with Crippen LogP contribution in [-0.4, -0.2) is 18.9 Å². The number of allylic oxidation sites excluding steroid dienone is 1. The minimum atomic E-state index is -0.440. The molecular formula is C17H12O3. The SMILES string of the molecule is COC(=O)c1ccccc1C1=Cc2ccccc2C1=O. The van der Waals surface area contributed by atoms with E-state index in [0.29, 0.717) is 22.3 Å². The van der Waals surface area contributed by atoms with Crippen LogP contribution in [0.4, 0.5) is 0 Å². The molecule has 0 saturated heterocycles. The molecule has 1 aliphatic carbocycles. The van der Waals surface area contributed by atoms with Gasteiger partial charge in [-0.05, 0) is 17.7 Å². The van der Waals surface area contributed by atoms with Gasteiger partial charge >= 0.3 is 5.97 Å². The van der Waals surface area contributed by atoms with Crippen molar-refractivity contribution in [2.75, 3.05) is 7.11 Å². The first-order valence-electron chi connectivity index (χ1n) is 6.25. The van der Waals surface area contributed by atoms with Gasteiger partial charge in [0.05, 0.1) is 12.7 Å². The topological polar surface area (TPSA) is 43.4 Å². The predicted molar refractivity (Wildman–Crippen MR) is 76.4 cm³/mol. The average Bonchev–Trinajstić information content (AvgIpc) is 2.84. The van der Waals surface area contributed by atoms with Gasteiger partial charge in [-0.1, -0.05) is 42.5 Å². The Hall–Kier alpha value is -2.68. The fraction of sp³-hybridized carbons (Fsp3) is 0.0588. The molecule has 0 saturated carbocycles. The summed E-state index contributed by atoms with van der Waals surface area (Å²) in [6.07, 6.45) is 1.82. The summed E-state index contributed by atoms with van der Waals surface area (Å²) < 4.78 is 4.77. The zero-order valence-corrected chi connectivity index (χ0v) is 10.9. The van der Waals surface area contributed by atoms with E-state index in [4.69, 9.17) is 4.74 Å². The zero-order valence-electron chi connectivity index (χ0n) is 10.9. The summed E-state index contributed by atoms with van der Waals surface area (Å²) in [6, 6.07) is 14.4. The van der Waals surface area contributed by atoms with E-state index in [-0.39, 0.29) is 5.78 Å². The second-order valence-corrected chi connectivity index (χ2v) is 4.51. The lowest BCUT2D eigenvalue weighted by molar-refractivity contribution is 0.0600. The molecule has 3 nitrogen and oxygen atoms in total. The van der Waals surface area contributed by atoms with Crippen LogP contribution in [0.3, 0.4) is 0 Å². The molecule has 0 aromatic heterocycles. The summed E-state index contributed by atoms with van der Waals surface area (Å²) in [5, 5.41) is 0. The molecule has 0 bridgehead atoms. The van der Waals surface area contributed by atoms with Crippen molar-refractivity contribution in [3.05, 3.63) is 70.8 Å². The van der Waals surface area contributed by atoms with Crippen molar-refractivity contribution in [3.63, 3.8) is 0 Å². The number of Topliss-reactive ketones (excluding diaryl/α,β-unsaturated/α-hetero) is 1. The first kappa shape index (κ1) is 12.4. The molecule has 1 aliphatic rings. The van der Waals surface area contributed by atoms with Crippen LogP contribution in [-0.2, 0) is 4.74 Å². The van der Waals surface area contributed by atoms with E-state index in [2.05, 4.69) is 0 Å². The number of esters is 1. The van der Waals surface area contributed by atoms with E-state index < -0.39 is 5.97 Å². The predicted octanol–water partition coefficient (Wildman–Crippen LogP) is 3.21. The Kier molecular flexibility index (Phi) is 2.95.